The fraction of sp³-hybridized carbons (Fsp3) is 0.267. The van der Waals surface area contributed by atoms with Gasteiger partial charge in [0.2, 0.25) is 0 Å². The Kier molecular flexibility index (Phi) is 4.34. The second kappa shape index (κ2) is 6.44. The third-order valence-electron chi connectivity index (χ3n) is 3.44. The van der Waals surface area contributed by atoms with Crippen molar-refractivity contribution in [2.24, 2.45) is 5.92 Å². The molecular formula is C15H14F3N3O3. The van der Waals surface area contributed by atoms with Gasteiger partial charge in [-0.15, -0.1) is 13.2 Å². The molecule has 24 heavy (non-hydrogen) atoms. The van der Waals surface area contributed by atoms with Gasteiger partial charge in [0.1, 0.15) is 12.4 Å². The first-order chi connectivity index (χ1) is 11.4. The third-order valence-corrected chi connectivity index (χ3v) is 3.44. The zero-order valence-corrected chi connectivity index (χ0v) is 12.3. The number of carbonyl (C=O) groups excluding carboxylic acids is 1. The molecule has 1 atom stereocenters. The zero-order chi connectivity index (χ0) is 17.2. The minimum atomic E-state index is -4.73. The average molecular weight is 341 g/mol. The monoisotopic (exact) mass is 341 g/mol. The van der Waals surface area contributed by atoms with E-state index in [-0.39, 0.29) is 18.3 Å². The fourth-order valence-electron chi connectivity index (χ4n) is 2.28. The molecule has 0 bridgehead atoms. The number of hydrogen-bond donors (Lipinski definition) is 2. The molecule has 9 heteroatoms. The van der Waals surface area contributed by atoms with Crippen molar-refractivity contribution < 1.29 is 27.4 Å². The van der Waals surface area contributed by atoms with Crippen LogP contribution in [0, 0.1) is 5.92 Å². The molecule has 128 valence electrons. The number of carbonyl (C=O) groups is 1. The van der Waals surface area contributed by atoms with Crippen LogP contribution in [0.4, 0.5) is 18.0 Å². The van der Waals surface area contributed by atoms with Crippen molar-refractivity contribution in [3.8, 4) is 5.75 Å². The number of fused-ring (bicyclic) bond motifs is 1. The number of hydrazine groups is 1. The molecule has 0 aromatic heterocycles. The van der Waals surface area contributed by atoms with Crippen LogP contribution in [-0.2, 0) is 11.3 Å². The minimum absolute atomic E-state index is 0.0618. The topological polar surface area (TPSA) is 62.8 Å². The van der Waals surface area contributed by atoms with Crippen LogP contribution in [0.25, 0.3) is 0 Å². The first kappa shape index (κ1) is 16.2. The van der Waals surface area contributed by atoms with Crippen LogP contribution in [0.3, 0.4) is 0 Å². The molecule has 0 radical (unpaired) electrons. The maximum atomic E-state index is 12.1. The van der Waals surface area contributed by atoms with Crippen molar-refractivity contribution in [2.45, 2.75) is 13.0 Å². The van der Waals surface area contributed by atoms with Crippen LogP contribution in [-0.4, -0.2) is 23.9 Å². The van der Waals surface area contributed by atoms with Crippen molar-refractivity contribution in [2.75, 3.05) is 6.54 Å². The van der Waals surface area contributed by atoms with E-state index in [0.717, 1.165) is 24.4 Å². The molecule has 2 heterocycles. The highest BCUT2D eigenvalue weighted by Gasteiger charge is 2.31. The van der Waals surface area contributed by atoms with E-state index in [0.29, 0.717) is 5.56 Å². The van der Waals surface area contributed by atoms with E-state index in [9.17, 15) is 18.0 Å². The highest BCUT2D eigenvalue weighted by Crippen LogP contribution is 2.23. The molecule has 1 amide bonds. The predicted octanol–water partition coefficient (Wildman–Crippen LogP) is 2.62. The minimum Gasteiger partial charge on any atom is -0.444 e. The number of halogens is 3. The van der Waals surface area contributed by atoms with Crippen molar-refractivity contribution >= 4 is 6.09 Å². The summed E-state index contributed by atoms with van der Waals surface area (Å²) < 4.78 is 45.1. The van der Waals surface area contributed by atoms with Gasteiger partial charge in [-0.1, -0.05) is 18.2 Å². The van der Waals surface area contributed by atoms with E-state index in [1.165, 1.54) is 17.0 Å². The van der Waals surface area contributed by atoms with Crippen LogP contribution in [0.15, 0.2) is 48.4 Å². The Morgan fingerprint density at radius 2 is 2.04 bits per heavy atom. The Balaban J connectivity index is 1.53. The number of amides is 1. The highest BCUT2D eigenvalue weighted by atomic mass is 19.4. The normalized spacial score (nSPS) is 19.4. The molecule has 1 fully saturated rings. The summed E-state index contributed by atoms with van der Waals surface area (Å²) in [6, 6.07) is 5.13. The second-order valence-corrected chi connectivity index (χ2v) is 5.19. The summed E-state index contributed by atoms with van der Waals surface area (Å²) in [5.41, 5.74) is 7.32. The SMILES string of the molecule is O=C(OCc1ccc(OC(F)(F)F)cc1)N1C=CC2CNNC2=C1. The van der Waals surface area contributed by atoms with Crippen LogP contribution >= 0.6 is 0 Å². The van der Waals surface area contributed by atoms with E-state index in [1.807, 2.05) is 6.08 Å². The quantitative estimate of drug-likeness (QED) is 0.885. The van der Waals surface area contributed by atoms with Gasteiger partial charge in [-0.3, -0.25) is 4.90 Å². The van der Waals surface area contributed by atoms with E-state index in [4.69, 9.17) is 4.74 Å². The lowest BCUT2D eigenvalue weighted by Crippen LogP contribution is -2.27. The van der Waals surface area contributed by atoms with E-state index in [1.54, 1.807) is 12.4 Å². The molecular weight excluding hydrogens is 327 g/mol. The molecule has 1 unspecified atom stereocenters. The van der Waals surface area contributed by atoms with Crippen molar-refractivity contribution in [1.29, 1.82) is 0 Å². The molecule has 2 N–H and O–H groups in total. The molecule has 1 aromatic carbocycles. The number of benzene rings is 1. The van der Waals surface area contributed by atoms with Gasteiger partial charge in [-0.25, -0.2) is 10.2 Å². The number of rotatable bonds is 3. The molecule has 0 saturated carbocycles. The van der Waals surface area contributed by atoms with E-state index >= 15 is 0 Å². The number of nitrogens with one attached hydrogen (secondary N) is 2. The Hall–Kier alpha value is -2.68. The van der Waals surface area contributed by atoms with Gasteiger partial charge in [0.25, 0.3) is 0 Å². The Morgan fingerprint density at radius 3 is 2.75 bits per heavy atom. The van der Waals surface area contributed by atoms with E-state index in [2.05, 4.69) is 15.6 Å². The fourth-order valence-corrected chi connectivity index (χ4v) is 2.28. The van der Waals surface area contributed by atoms with Crippen LogP contribution in [0.1, 0.15) is 5.56 Å². The third kappa shape index (κ3) is 3.99. The molecule has 3 rings (SSSR count). The molecule has 1 aromatic rings. The predicted molar refractivity (Wildman–Crippen MR) is 77.0 cm³/mol. The zero-order valence-electron chi connectivity index (χ0n) is 12.3. The van der Waals surface area contributed by atoms with E-state index < -0.39 is 12.5 Å². The maximum absolute atomic E-state index is 12.1. The number of alkyl halides is 3. The molecule has 1 saturated heterocycles. The summed E-state index contributed by atoms with van der Waals surface area (Å²) in [4.78, 5) is 13.3. The van der Waals surface area contributed by atoms with Gasteiger partial charge in [0, 0.05) is 24.9 Å². The summed E-state index contributed by atoms with van der Waals surface area (Å²) in [7, 11) is 0. The average Bonchev–Trinajstić information content (AvgIpc) is 3.00. The van der Waals surface area contributed by atoms with Crippen molar-refractivity contribution in [3.05, 3.63) is 54.0 Å². The van der Waals surface area contributed by atoms with Crippen LogP contribution in [0.5, 0.6) is 5.75 Å². The maximum Gasteiger partial charge on any atom is 0.573 e. The van der Waals surface area contributed by atoms with Crippen molar-refractivity contribution in [1.82, 2.24) is 15.8 Å². The van der Waals surface area contributed by atoms with Gasteiger partial charge in [-0.2, -0.15) is 0 Å². The van der Waals surface area contributed by atoms with Gasteiger partial charge < -0.3 is 14.9 Å². The summed E-state index contributed by atoms with van der Waals surface area (Å²) >= 11 is 0. The molecule has 2 aliphatic rings. The summed E-state index contributed by atoms with van der Waals surface area (Å²) in [6.07, 6.45) is -0.198. The number of hydrogen-bond acceptors (Lipinski definition) is 5. The molecule has 0 spiro atoms. The summed E-state index contributed by atoms with van der Waals surface area (Å²) in [5.74, 6) is -0.123. The first-order valence-corrected chi connectivity index (χ1v) is 7.09. The Morgan fingerprint density at radius 1 is 1.29 bits per heavy atom. The lowest BCUT2D eigenvalue weighted by molar-refractivity contribution is -0.274. The molecule has 0 aliphatic carbocycles. The lowest BCUT2D eigenvalue weighted by atomic mass is 10.1. The van der Waals surface area contributed by atoms with Gasteiger partial charge >= 0.3 is 12.5 Å². The largest absolute Gasteiger partial charge is 0.573 e. The van der Waals surface area contributed by atoms with Crippen molar-refractivity contribution in [3.63, 3.8) is 0 Å². The Labute approximate surface area is 135 Å². The molecule has 6 nitrogen and oxygen atoms in total. The highest BCUT2D eigenvalue weighted by molar-refractivity contribution is 5.70. The van der Waals surface area contributed by atoms with Gasteiger partial charge in [-0.05, 0) is 17.7 Å². The number of ether oxygens (including phenoxy) is 2. The number of nitrogens with zero attached hydrogens (tertiary/aromatic N) is 1. The smallest absolute Gasteiger partial charge is 0.444 e. The summed E-state index contributed by atoms with van der Waals surface area (Å²) in [6.45, 7) is 0.686. The van der Waals surface area contributed by atoms with Crippen LogP contribution < -0.4 is 15.6 Å². The standard InChI is InChI=1S/C15H14F3N3O3/c16-15(17,18)24-12-3-1-10(2-4-12)9-23-14(22)21-6-5-11-7-19-20-13(11)8-21/h1-6,8,11,19-20H,7,9H2. The first-order valence-electron chi connectivity index (χ1n) is 7.09. The van der Waals surface area contributed by atoms with Crippen LogP contribution in [0.2, 0.25) is 0 Å². The lowest BCUT2D eigenvalue weighted by Gasteiger charge is -2.20. The second-order valence-electron chi connectivity index (χ2n) is 5.19. The van der Waals surface area contributed by atoms with Gasteiger partial charge in [0.05, 0.1) is 5.70 Å². The van der Waals surface area contributed by atoms with Gasteiger partial charge in [0.15, 0.2) is 0 Å². The summed E-state index contributed by atoms with van der Waals surface area (Å²) in [5, 5.41) is 0. The molecule has 2 aliphatic heterocycles. The Bertz CT molecular complexity index is 671.